The minimum absolute atomic E-state index is 0.0361. The van der Waals surface area contributed by atoms with Crippen LogP contribution in [0.15, 0.2) is 41.1 Å². The number of nitrogens with zero attached hydrogens (tertiary/aromatic N) is 6. The van der Waals surface area contributed by atoms with Crippen molar-refractivity contribution in [3.8, 4) is 16.9 Å². The van der Waals surface area contributed by atoms with E-state index in [1.165, 1.54) is 0 Å². The number of hydrogen-bond acceptors (Lipinski definition) is 8. The monoisotopic (exact) mass is 487 g/mol. The van der Waals surface area contributed by atoms with Gasteiger partial charge in [-0.15, -0.1) is 0 Å². The van der Waals surface area contributed by atoms with Crippen LogP contribution in [0.1, 0.15) is 23.2 Å². The maximum absolute atomic E-state index is 11.9. The van der Waals surface area contributed by atoms with Crippen molar-refractivity contribution in [3.05, 3.63) is 53.7 Å². The highest BCUT2D eigenvalue weighted by atomic mass is 16.5. The van der Waals surface area contributed by atoms with Gasteiger partial charge in [0.1, 0.15) is 23.9 Å². The van der Waals surface area contributed by atoms with Crippen LogP contribution in [0.3, 0.4) is 0 Å². The Labute approximate surface area is 208 Å². The number of aryl methyl sites for hydroxylation is 2. The molecule has 2 aliphatic rings. The first kappa shape index (κ1) is 22.5. The van der Waals surface area contributed by atoms with Crippen LogP contribution in [-0.2, 0) is 4.79 Å². The molecular formula is C26H29N7O3. The van der Waals surface area contributed by atoms with E-state index in [1.54, 1.807) is 7.05 Å². The van der Waals surface area contributed by atoms with Crippen molar-refractivity contribution in [2.45, 2.75) is 19.9 Å². The summed E-state index contributed by atoms with van der Waals surface area (Å²) in [4.78, 5) is 26.1. The maximum atomic E-state index is 11.9. The molecule has 1 amide bonds. The number of carbonyl (C=O) groups excluding carboxylic acids is 1. The minimum atomic E-state index is -0.109. The van der Waals surface area contributed by atoms with E-state index >= 15 is 0 Å². The van der Waals surface area contributed by atoms with Gasteiger partial charge < -0.3 is 19.5 Å². The molecule has 5 heterocycles. The molecule has 10 heteroatoms. The van der Waals surface area contributed by atoms with E-state index < -0.39 is 0 Å². The van der Waals surface area contributed by atoms with Crippen molar-refractivity contribution in [1.82, 2.24) is 29.9 Å². The molecule has 0 bridgehead atoms. The smallest absolute Gasteiger partial charge is 0.233 e. The van der Waals surface area contributed by atoms with E-state index in [9.17, 15) is 4.79 Å². The fourth-order valence-electron chi connectivity index (χ4n) is 5.29. The molecule has 6 rings (SSSR count). The van der Waals surface area contributed by atoms with E-state index in [2.05, 4.69) is 29.8 Å². The molecule has 1 unspecified atom stereocenters. The Bertz CT molecular complexity index is 1400. The summed E-state index contributed by atoms with van der Waals surface area (Å²) in [6.07, 6.45) is 1.82. The van der Waals surface area contributed by atoms with Gasteiger partial charge in [-0.1, -0.05) is 11.2 Å². The second kappa shape index (κ2) is 8.94. The lowest BCUT2D eigenvalue weighted by Crippen LogP contribution is -2.50. The number of nitrogens with one attached hydrogen (secondary N) is 1. The van der Waals surface area contributed by atoms with Crippen LogP contribution in [0.2, 0.25) is 0 Å². The van der Waals surface area contributed by atoms with Crippen molar-refractivity contribution in [2.75, 3.05) is 51.3 Å². The highest BCUT2D eigenvalue weighted by Gasteiger charge is 2.34. The number of carbonyl (C=O) groups is 1. The molecule has 0 spiro atoms. The predicted molar refractivity (Wildman–Crippen MR) is 135 cm³/mol. The van der Waals surface area contributed by atoms with Crippen molar-refractivity contribution in [1.29, 1.82) is 0 Å². The number of anilines is 1. The molecule has 1 atom stereocenters. The Morgan fingerprint density at radius 3 is 2.67 bits per heavy atom. The molecule has 10 nitrogen and oxygen atoms in total. The second-order valence-corrected chi connectivity index (χ2v) is 9.31. The van der Waals surface area contributed by atoms with Gasteiger partial charge in [0.15, 0.2) is 5.75 Å². The molecule has 1 N–H and O–H groups in total. The van der Waals surface area contributed by atoms with Crippen LogP contribution in [-0.4, -0.2) is 76.9 Å². The van der Waals surface area contributed by atoms with Gasteiger partial charge in [0.2, 0.25) is 11.9 Å². The van der Waals surface area contributed by atoms with Gasteiger partial charge in [-0.05, 0) is 38.1 Å². The lowest BCUT2D eigenvalue weighted by atomic mass is 10.0. The number of amides is 1. The summed E-state index contributed by atoms with van der Waals surface area (Å²) in [6, 6.07) is 9.95. The summed E-state index contributed by atoms with van der Waals surface area (Å²) in [5.74, 6) is 2.50. The fourth-order valence-corrected chi connectivity index (χ4v) is 5.29. The average Bonchev–Trinajstić information content (AvgIpc) is 3.46. The van der Waals surface area contributed by atoms with Gasteiger partial charge in [-0.25, -0.2) is 4.98 Å². The number of likely N-dealkylation sites (N-methyl/N-ethyl adjacent to an activating group) is 1. The average molecular weight is 488 g/mol. The van der Waals surface area contributed by atoms with Crippen LogP contribution in [0, 0.1) is 13.8 Å². The number of rotatable bonds is 5. The Morgan fingerprint density at radius 2 is 1.97 bits per heavy atom. The number of aromatic nitrogens is 4. The Morgan fingerprint density at radius 1 is 1.14 bits per heavy atom. The summed E-state index contributed by atoms with van der Waals surface area (Å²) in [7, 11) is 1.67. The summed E-state index contributed by atoms with van der Waals surface area (Å²) >= 11 is 0. The zero-order chi connectivity index (χ0) is 24.8. The number of pyridine rings is 1. The molecular weight excluding hydrogens is 458 g/mol. The van der Waals surface area contributed by atoms with Crippen molar-refractivity contribution in [2.24, 2.45) is 0 Å². The topological polar surface area (TPSA) is 102 Å². The minimum Gasteiger partial charge on any atom is -0.488 e. The van der Waals surface area contributed by atoms with Gasteiger partial charge in [0.25, 0.3) is 0 Å². The Hall–Kier alpha value is -3.92. The van der Waals surface area contributed by atoms with Gasteiger partial charge in [-0.3, -0.25) is 19.2 Å². The number of piperazine rings is 1. The fraction of sp³-hybridized carbons (Fsp3) is 0.385. The summed E-state index contributed by atoms with van der Waals surface area (Å²) < 4.78 is 14.2. The van der Waals surface area contributed by atoms with Crippen LogP contribution in [0.4, 0.5) is 5.95 Å². The summed E-state index contributed by atoms with van der Waals surface area (Å²) in [5, 5.41) is 6.87. The molecule has 0 saturated carbocycles. The van der Waals surface area contributed by atoms with Crippen LogP contribution >= 0.6 is 0 Å². The zero-order valence-corrected chi connectivity index (χ0v) is 20.7. The third-order valence-electron chi connectivity index (χ3n) is 7.12. The Balaban J connectivity index is 1.46. The molecule has 1 fully saturated rings. The van der Waals surface area contributed by atoms with E-state index in [0.717, 1.165) is 77.2 Å². The Kier molecular flexibility index (Phi) is 5.60. The standard InChI is InChI=1S/C26H29N7O3/c1-16-23(17(2)36-30-16)18-7-8-20-24-25(18)35-15-21(19-6-4-5-9-28-19)33(24)26(29-20)32-12-10-31(11-13-32)14-22(34)27-3/h4-9,21H,10-15H2,1-3H3,(H,27,34). The molecule has 0 radical (unpaired) electrons. The summed E-state index contributed by atoms with van der Waals surface area (Å²) in [6.45, 7) is 7.87. The normalized spacial score (nSPS) is 17.9. The third kappa shape index (κ3) is 3.69. The molecule has 1 saturated heterocycles. The van der Waals surface area contributed by atoms with Crippen molar-refractivity contribution >= 4 is 22.9 Å². The number of imidazole rings is 1. The molecule has 2 aliphatic heterocycles. The largest absolute Gasteiger partial charge is 0.488 e. The molecule has 4 aromatic rings. The van der Waals surface area contributed by atoms with E-state index in [4.69, 9.17) is 14.2 Å². The number of benzene rings is 1. The zero-order valence-electron chi connectivity index (χ0n) is 20.7. The third-order valence-corrected chi connectivity index (χ3v) is 7.12. The highest BCUT2D eigenvalue weighted by molar-refractivity contribution is 5.94. The van der Waals surface area contributed by atoms with Crippen LogP contribution < -0.4 is 15.0 Å². The van der Waals surface area contributed by atoms with Gasteiger partial charge in [-0.2, -0.15) is 0 Å². The second-order valence-electron chi connectivity index (χ2n) is 9.31. The van der Waals surface area contributed by atoms with E-state index in [-0.39, 0.29) is 11.9 Å². The molecule has 186 valence electrons. The quantitative estimate of drug-likeness (QED) is 0.458. The summed E-state index contributed by atoms with van der Waals surface area (Å²) in [5.41, 5.74) is 5.52. The van der Waals surface area contributed by atoms with Crippen molar-refractivity contribution in [3.63, 3.8) is 0 Å². The van der Waals surface area contributed by atoms with E-state index in [1.807, 2.05) is 50.4 Å². The molecule has 0 aliphatic carbocycles. The van der Waals surface area contributed by atoms with Gasteiger partial charge in [0.05, 0.1) is 29.0 Å². The first-order chi connectivity index (χ1) is 17.5. The number of hydrogen-bond donors (Lipinski definition) is 1. The van der Waals surface area contributed by atoms with Crippen LogP contribution in [0.25, 0.3) is 22.2 Å². The molecule has 1 aromatic carbocycles. The predicted octanol–water partition coefficient (Wildman–Crippen LogP) is 2.55. The lowest BCUT2D eigenvalue weighted by Gasteiger charge is -2.36. The van der Waals surface area contributed by atoms with E-state index in [0.29, 0.717) is 13.2 Å². The van der Waals surface area contributed by atoms with Gasteiger partial charge in [0, 0.05) is 45.0 Å². The first-order valence-electron chi connectivity index (χ1n) is 12.2. The lowest BCUT2D eigenvalue weighted by molar-refractivity contribution is -0.121. The first-order valence-corrected chi connectivity index (χ1v) is 12.2. The SMILES string of the molecule is CNC(=O)CN1CCN(c2nc3ccc(-c4c(C)noc4C)c4c3n2C(c2ccccn2)CO4)CC1. The van der Waals surface area contributed by atoms with Crippen molar-refractivity contribution < 1.29 is 14.1 Å². The molecule has 36 heavy (non-hydrogen) atoms. The van der Waals surface area contributed by atoms with Crippen LogP contribution in [0.5, 0.6) is 5.75 Å². The number of ether oxygens (including phenoxy) is 1. The maximum Gasteiger partial charge on any atom is 0.233 e. The molecule has 3 aromatic heterocycles. The van der Waals surface area contributed by atoms with Gasteiger partial charge >= 0.3 is 0 Å². The highest BCUT2D eigenvalue weighted by Crippen LogP contribution is 2.45.